The van der Waals surface area contributed by atoms with Crippen LogP contribution >= 0.6 is 0 Å². The van der Waals surface area contributed by atoms with Crippen molar-refractivity contribution in [3.8, 4) is 6.07 Å². The maximum atomic E-state index is 12.6. The van der Waals surface area contributed by atoms with Gasteiger partial charge in [0.05, 0.1) is 18.1 Å². The Morgan fingerprint density at radius 3 is 2.63 bits per heavy atom. The third kappa shape index (κ3) is 4.50. The van der Waals surface area contributed by atoms with Gasteiger partial charge in [-0.2, -0.15) is 5.26 Å². The van der Waals surface area contributed by atoms with Gasteiger partial charge in [0.1, 0.15) is 17.4 Å². The molecule has 2 N–H and O–H groups in total. The molecule has 0 radical (unpaired) electrons. The van der Waals surface area contributed by atoms with Crippen LogP contribution in [0.3, 0.4) is 0 Å². The number of hydrogen-bond acceptors (Lipinski definition) is 6. The third-order valence-electron chi connectivity index (χ3n) is 4.69. The van der Waals surface area contributed by atoms with Crippen molar-refractivity contribution in [1.82, 2.24) is 4.90 Å². The molecule has 0 fully saturated rings. The number of nitrogens with two attached hydrogens (primary N) is 1. The fraction of sp³-hybridized carbons (Fsp3) is 0.429. The first-order valence-corrected chi connectivity index (χ1v) is 9.23. The molecule has 27 heavy (non-hydrogen) atoms. The van der Waals surface area contributed by atoms with E-state index in [1.54, 1.807) is 13.8 Å². The molecule has 1 aliphatic heterocycles. The molecule has 0 spiro atoms. The lowest BCUT2D eigenvalue weighted by molar-refractivity contribution is -0.139. The summed E-state index contributed by atoms with van der Waals surface area (Å²) in [4.78, 5) is 14.9. The molecule has 1 aliphatic rings. The molecule has 2 rings (SSSR count). The van der Waals surface area contributed by atoms with Crippen LogP contribution in [0, 0.1) is 11.3 Å². The second-order valence-corrected chi connectivity index (χ2v) is 6.32. The zero-order chi connectivity index (χ0) is 20.0. The van der Waals surface area contributed by atoms with E-state index in [0.717, 1.165) is 30.8 Å². The summed E-state index contributed by atoms with van der Waals surface area (Å²) in [6.45, 7) is 10.6. The molecule has 1 unspecified atom stereocenters. The Morgan fingerprint density at radius 2 is 2.04 bits per heavy atom. The molecule has 1 aromatic carbocycles. The first-order chi connectivity index (χ1) is 13.0. The van der Waals surface area contributed by atoms with Gasteiger partial charge in [0.2, 0.25) is 5.88 Å². The van der Waals surface area contributed by atoms with Crippen molar-refractivity contribution in [2.75, 3.05) is 19.7 Å². The molecular formula is C21H27N3O3. The summed E-state index contributed by atoms with van der Waals surface area (Å²) in [6, 6.07) is 10.0. The first kappa shape index (κ1) is 20.5. The zero-order valence-corrected chi connectivity index (χ0v) is 16.4. The predicted molar refractivity (Wildman–Crippen MR) is 103 cm³/mol. The fourth-order valence-corrected chi connectivity index (χ4v) is 3.26. The minimum atomic E-state index is -0.598. The quantitative estimate of drug-likeness (QED) is 0.743. The average molecular weight is 369 g/mol. The summed E-state index contributed by atoms with van der Waals surface area (Å²) in [5.41, 5.74) is 8.43. The van der Waals surface area contributed by atoms with E-state index in [-0.39, 0.29) is 18.1 Å². The van der Waals surface area contributed by atoms with Gasteiger partial charge >= 0.3 is 5.97 Å². The Morgan fingerprint density at radius 1 is 1.33 bits per heavy atom. The van der Waals surface area contributed by atoms with Gasteiger partial charge in [0.15, 0.2) is 0 Å². The summed E-state index contributed by atoms with van der Waals surface area (Å²) >= 11 is 0. The number of nitrogens with zero attached hydrogens (tertiary/aromatic N) is 2. The molecule has 0 bridgehead atoms. The predicted octanol–water partition coefficient (Wildman–Crippen LogP) is 3.17. The van der Waals surface area contributed by atoms with E-state index in [1.807, 2.05) is 24.3 Å². The molecule has 0 saturated carbocycles. The Hall–Kier alpha value is -2.78. The number of carbonyl (C=O) groups is 1. The van der Waals surface area contributed by atoms with Crippen LogP contribution in [0.2, 0.25) is 0 Å². The smallest absolute Gasteiger partial charge is 0.338 e. The minimum absolute atomic E-state index is 0.0298. The normalized spacial score (nSPS) is 17.0. The highest BCUT2D eigenvalue weighted by Crippen LogP contribution is 2.39. The van der Waals surface area contributed by atoms with Crippen LogP contribution in [0.1, 0.15) is 44.7 Å². The maximum Gasteiger partial charge on any atom is 0.338 e. The van der Waals surface area contributed by atoms with Gasteiger partial charge in [0, 0.05) is 6.54 Å². The highest BCUT2D eigenvalue weighted by Gasteiger charge is 2.36. The first-order valence-electron chi connectivity index (χ1n) is 9.23. The third-order valence-corrected chi connectivity index (χ3v) is 4.69. The molecule has 1 aromatic rings. The van der Waals surface area contributed by atoms with Gasteiger partial charge in [-0.1, -0.05) is 38.1 Å². The Bertz CT molecular complexity index is 801. The monoisotopic (exact) mass is 369 g/mol. The van der Waals surface area contributed by atoms with Crippen LogP contribution in [0.5, 0.6) is 0 Å². The van der Waals surface area contributed by atoms with Crippen molar-refractivity contribution in [1.29, 1.82) is 5.26 Å². The second-order valence-electron chi connectivity index (χ2n) is 6.32. The molecule has 0 amide bonds. The Kier molecular flexibility index (Phi) is 7.03. The minimum Gasteiger partial charge on any atom is -0.463 e. The number of carbonyl (C=O) groups excluding carboxylic acids is 1. The molecule has 144 valence electrons. The van der Waals surface area contributed by atoms with E-state index in [2.05, 4.69) is 24.8 Å². The molecule has 1 heterocycles. The molecule has 0 aliphatic carbocycles. The number of hydrogen-bond donors (Lipinski definition) is 1. The summed E-state index contributed by atoms with van der Waals surface area (Å²) < 4.78 is 10.7. The lowest BCUT2D eigenvalue weighted by Gasteiger charge is -2.27. The van der Waals surface area contributed by atoms with Gasteiger partial charge < -0.3 is 15.2 Å². The molecular weight excluding hydrogens is 342 g/mol. The van der Waals surface area contributed by atoms with E-state index < -0.39 is 11.9 Å². The topological polar surface area (TPSA) is 88.6 Å². The standard InChI is InChI=1S/C21H27N3O3/c1-5-24(6-2)13-15-9-8-10-16(11-15)19-17(12-22)20(23)27-14(4)18(19)21(25)26-7-3/h8-11,19H,5-7,13,23H2,1-4H3. The zero-order valence-electron chi connectivity index (χ0n) is 16.4. The van der Waals surface area contributed by atoms with Gasteiger partial charge in [-0.15, -0.1) is 0 Å². The molecule has 6 nitrogen and oxygen atoms in total. The number of esters is 1. The van der Waals surface area contributed by atoms with Crippen LogP contribution in [0.15, 0.2) is 47.1 Å². The number of rotatable bonds is 7. The SMILES string of the molecule is CCOC(=O)C1=C(C)OC(N)=C(C#N)C1c1cccc(CN(CC)CC)c1. The highest BCUT2D eigenvalue weighted by molar-refractivity contribution is 5.92. The number of nitriles is 1. The highest BCUT2D eigenvalue weighted by atomic mass is 16.5. The van der Waals surface area contributed by atoms with Crippen LogP contribution < -0.4 is 5.73 Å². The van der Waals surface area contributed by atoms with E-state index in [0.29, 0.717) is 11.3 Å². The molecule has 1 atom stereocenters. The van der Waals surface area contributed by atoms with Crippen LogP contribution in [-0.4, -0.2) is 30.6 Å². The van der Waals surface area contributed by atoms with E-state index in [4.69, 9.17) is 15.2 Å². The maximum absolute atomic E-state index is 12.6. The summed E-state index contributed by atoms with van der Waals surface area (Å²) in [5.74, 6) is -0.694. The lowest BCUT2D eigenvalue weighted by Crippen LogP contribution is -2.26. The second kappa shape index (κ2) is 9.24. The van der Waals surface area contributed by atoms with E-state index in [9.17, 15) is 10.1 Å². The Labute approximate surface area is 160 Å². The molecule has 0 saturated heterocycles. The number of ether oxygens (including phenoxy) is 2. The lowest BCUT2D eigenvalue weighted by atomic mass is 9.82. The van der Waals surface area contributed by atoms with Gasteiger partial charge in [0.25, 0.3) is 0 Å². The molecule has 6 heteroatoms. The van der Waals surface area contributed by atoms with Crippen molar-refractivity contribution < 1.29 is 14.3 Å². The van der Waals surface area contributed by atoms with Gasteiger partial charge in [-0.05, 0) is 38.1 Å². The van der Waals surface area contributed by atoms with Crippen molar-refractivity contribution in [3.63, 3.8) is 0 Å². The van der Waals surface area contributed by atoms with E-state index >= 15 is 0 Å². The summed E-state index contributed by atoms with van der Waals surface area (Å²) in [7, 11) is 0. The summed E-state index contributed by atoms with van der Waals surface area (Å²) in [6.07, 6.45) is 0. The van der Waals surface area contributed by atoms with Crippen molar-refractivity contribution in [2.24, 2.45) is 5.73 Å². The fourth-order valence-electron chi connectivity index (χ4n) is 3.26. The van der Waals surface area contributed by atoms with Gasteiger partial charge in [-0.3, -0.25) is 4.90 Å². The summed E-state index contributed by atoms with van der Waals surface area (Å²) in [5, 5.41) is 9.65. The average Bonchev–Trinajstić information content (AvgIpc) is 2.65. The van der Waals surface area contributed by atoms with Crippen molar-refractivity contribution >= 4 is 5.97 Å². The van der Waals surface area contributed by atoms with Crippen LogP contribution in [0.25, 0.3) is 0 Å². The van der Waals surface area contributed by atoms with Crippen molar-refractivity contribution in [3.05, 3.63) is 58.2 Å². The largest absolute Gasteiger partial charge is 0.463 e. The van der Waals surface area contributed by atoms with Crippen LogP contribution in [-0.2, 0) is 20.8 Å². The Balaban J connectivity index is 2.51. The van der Waals surface area contributed by atoms with E-state index in [1.165, 1.54) is 0 Å². The molecule has 0 aromatic heterocycles. The number of allylic oxidation sites excluding steroid dienone is 2. The van der Waals surface area contributed by atoms with Crippen LogP contribution in [0.4, 0.5) is 0 Å². The van der Waals surface area contributed by atoms with Gasteiger partial charge in [-0.25, -0.2) is 4.79 Å². The number of benzene rings is 1. The van der Waals surface area contributed by atoms with Crippen molar-refractivity contribution in [2.45, 2.75) is 40.2 Å².